The van der Waals surface area contributed by atoms with Crippen LogP contribution >= 0.6 is 0 Å². The van der Waals surface area contributed by atoms with E-state index in [-0.39, 0.29) is 5.78 Å². The van der Waals surface area contributed by atoms with Crippen LogP contribution in [-0.2, 0) is 18.3 Å². The maximum absolute atomic E-state index is 11.5. The molecule has 1 heterocycles. The first kappa shape index (κ1) is 10.9. The largest absolute Gasteiger partial charge is 0.338 e. The number of hydrogen-bond donors (Lipinski definition) is 1. The molecule has 0 amide bonds. The summed E-state index contributed by atoms with van der Waals surface area (Å²) in [5, 5.41) is 3.02. The minimum Gasteiger partial charge on any atom is -0.338 e. The molecule has 0 saturated heterocycles. The third kappa shape index (κ3) is 3.30. The van der Waals surface area contributed by atoms with Gasteiger partial charge in [-0.1, -0.05) is 0 Å². The highest BCUT2D eigenvalue weighted by atomic mass is 16.1. The van der Waals surface area contributed by atoms with Crippen LogP contribution in [0.15, 0.2) is 12.4 Å². The van der Waals surface area contributed by atoms with Crippen molar-refractivity contribution in [3.63, 3.8) is 0 Å². The normalized spacial score (nSPS) is 10.4. The molecule has 1 rings (SSSR count). The molecule has 1 aromatic rings. The van der Waals surface area contributed by atoms with Crippen LogP contribution in [0.25, 0.3) is 0 Å². The zero-order valence-corrected chi connectivity index (χ0v) is 8.79. The minimum atomic E-state index is 0.259. The van der Waals surface area contributed by atoms with Gasteiger partial charge in [0, 0.05) is 25.9 Å². The summed E-state index contributed by atoms with van der Waals surface area (Å²) in [5.74, 6) is 1.11. The van der Waals surface area contributed by atoms with Crippen molar-refractivity contribution >= 4 is 5.78 Å². The quantitative estimate of drug-likeness (QED) is 0.674. The first-order valence-electron chi connectivity index (χ1n) is 4.86. The summed E-state index contributed by atoms with van der Waals surface area (Å²) in [7, 11) is 3.80. The van der Waals surface area contributed by atoms with E-state index in [1.54, 1.807) is 6.20 Å². The fraction of sp³-hybridized carbons (Fsp3) is 0.600. The molecule has 1 aromatic heterocycles. The summed E-state index contributed by atoms with van der Waals surface area (Å²) in [6, 6.07) is 0. The Morgan fingerprint density at radius 2 is 2.43 bits per heavy atom. The highest BCUT2D eigenvalue weighted by Gasteiger charge is 2.06. The van der Waals surface area contributed by atoms with Gasteiger partial charge in [0.25, 0.3) is 0 Å². The first-order chi connectivity index (χ1) is 6.74. The second kappa shape index (κ2) is 5.54. The van der Waals surface area contributed by atoms with Gasteiger partial charge in [0.2, 0.25) is 0 Å². The average Bonchev–Trinajstić information content (AvgIpc) is 2.52. The molecule has 0 aliphatic heterocycles. The highest BCUT2D eigenvalue weighted by molar-refractivity contribution is 5.80. The molecule has 0 radical (unpaired) electrons. The number of carbonyl (C=O) groups excluding carboxylic acids is 1. The van der Waals surface area contributed by atoms with Crippen molar-refractivity contribution in [1.82, 2.24) is 14.9 Å². The van der Waals surface area contributed by atoms with E-state index >= 15 is 0 Å². The summed E-state index contributed by atoms with van der Waals surface area (Å²) in [6.45, 7) is 0.895. The van der Waals surface area contributed by atoms with Crippen LogP contribution in [0.4, 0.5) is 0 Å². The molecule has 0 spiro atoms. The summed E-state index contributed by atoms with van der Waals surface area (Å²) in [4.78, 5) is 15.6. The van der Waals surface area contributed by atoms with Crippen LogP contribution in [0.5, 0.6) is 0 Å². The number of aromatic nitrogens is 2. The lowest BCUT2D eigenvalue weighted by Gasteiger charge is -2.01. The molecule has 1 N–H and O–H groups in total. The first-order valence-corrected chi connectivity index (χ1v) is 4.86. The molecule has 0 atom stereocenters. The third-order valence-electron chi connectivity index (χ3n) is 2.16. The van der Waals surface area contributed by atoms with Crippen molar-refractivity contribution in [3.8, 4) is 0 Å². The maximum atomic E-state index is 11.5. The number of rotatable bonds is 6. The molecule has 0 fully saturated rings. The van der Waals surface area contributed by atoms with Gasteiger partial charge < -0.3 is 9.88 Å². The molecule has 0 bridgehead atoms. The summed E-state index contributed by atoms with van der Waals surface area (Å²) >= 11 is 0. The number of nitrogens with zero attached hydrogens (tertiary/aromatic N) is 2. The molecular weight excluding hydrogens is 178 g/mol. The standard InChI is InChI=1S/C10H17N3O/c1-11-5-3-4-9(14)8-10-12-6-7-13(10)2/h6-7,11H,3-5,8H2,1-2H3. The van der Waals surface area contributed by atoms with E-state index in [0.29, 0.717) is 12.8 Å². The molecule has 0 aromatic carbocycles. The Morgan fingerprint density at radius 1 is 1.64 bits per heavy atom. The second-order valence-corrected chi connectivity index (χ2v) is 3.38. The molecule has 78 valence electrons. The Labute approximate surface area is 84.3 Å². The Hall–Kier alpha value is -1.16. The van der Waals surface area contributed by atoms with Gasteiger partial charge >= 0.3 is 0 Å². The number of hydrogen-bond acceptors (Lipinski definition) is 3. The van der Waals surface area contributed by atoms with E-state index in [1.807, 2.05) is 24.9 Å². The molecular formula is C10H17N3O. The molecule has 0 aliphatic carbocycles. The Kier molecular flexibility index (Phi) is 4.32. The second-order valence-electron chi connectivity index (χ2n) is 3.38. The Bertz CT molecular complexity index is 293. The van der Waals surface area contributed by atoms with E-state index in [1.165, 1.54) is 0 Å². The lowest BCUT2D eigenvalue weighted by molar-refractivity contribution is -0.118. The molecule has 4 heteroatoms. The van der Waals surface area contributed by atoms with E-state index in [2.05, 4.69) is 10.3 Å². The van der Waals surface area contributed by atoms with Crippen LogP contribution < -0.4 is 5.32 Å². The van der Waals surface area contributed by atoms with Crippen molar-refractivity contribution in [1.29, 1.82) is 0 Å². The van der Waals surface area contributed by atoms with Crippen LogP contribution in [0, 0.1) is 0 Å². The molecule has 0 saturated carbocycles. The van der Waals surface area contributed by atoms with Crippen molar-refractivity contribution in [3.05, 3.63) is 18.2 Å². The van der Waals surface area contributed by atoms with Gasteiger partial charge in [0.15, 0.2) is 0 Å². The van der Waals surface area contributed by atoms with Crippen LogP contribution in [0.2, 0.25) is 0 Å². The van der Waals surface area contributed by atoms with E-state index in [9.17, 15) is 4.79 Å². The van der Waals surface area contributed by atoms with Crippen molar-refractivity contribution in [2.75, 3.05) is 13.6 Å². The van der Waals surface area contributed by atoms with Gasteiger partial charge in [-0.05, 0) is 20.0 Å². The number of imidazole rings is 1. The van der Waals surface area contributed by atoms with Crippen molar-refractivity contribution in [2.24, 2.45) is 7.05 Å². The fourth-order valence-electron chi connectivity index (χ4n) is 1.29. The van der Waals surface area contributed by atoms with E-state index in [4.69, 9.17) is 0 Å². The highest BCUT2D eigenvalue weighted by Crippen LogP contribution is 2.00. The molecule has 14 heavy (non-hydrogen) atoms. The predicted octanol–water partition coefficient (Wildman–Crippen LogP) is 0.531. The Balaban J connectivity index is 2.31. The zero-order valence-electron chi connectivity index (χ0n) is 8.79. The average molecular weight is 195 g/mol. The van der Waals surface area contributed by atoms with Gasteiger partial charge in [0.1, 0.15) is 11.6 Å². The van der Waals surface area contributed by atoms with E-state index in [0.717, 1.165) is 18.8 Å². The number of nitrogens with one attached hydrogen (secondary N) is 1. The fourth-order valence-corrected chi connectivity index (χ4v) is 1.29. The lowest BCUT2D eigenvalue weighted by Crippen LogP contribution is -2.12. The van der Waals surface area contributed by atoms with Gasteiger partial charge in [-0.2, -0.15) is 0 Å². The Morgan fingerprint density at radius 3 is 3.00 bits per heavy atom. The minimum absolute atomic E-state index is 0.259. The number of Topliss-reactive ketones (excluding diaryl/α,β-unsaturated/α-hetero) is 1. The number of ketones is 1. The molecule has 0 aliphatic rings. The van der Waals surface area contributed by atoms with Crippen LogP contribution in [-0.4, -0.2) is 28.9 Å². The summed E-state index contributed by atoms with van der Waals surface area (Å²) < 4.78 is 1.88. The van der Waals surface area contributed by atoms with Crippen LogP contribution in [0.1, 0.15) is 18.7 Å². The van der Waals surface area contributed by atoms with Gasteiger partial charge in [0.05, 0.1) is 6.42 Å². The topological polar surface area (TPSA) is 46.9 Å². The summed E-state index contributed by atoms with van der Waals surface area (Å²) in [5.41, 5.74) is 0. The molecule has 0 unspecified atom stereocenters. The number of carbonyl (C=O) groups is 1. The lowest BCUT2D eigenvalue weighted by atomic mass is 10.1. The SMILES string of the molecule is CNCCCC(=O)Cc1nccn1C. The van der Waals surface area contributed by atoms with Gasteiger partial charge in [-0.25, -0.2) is 4.98 Å². The monoisotopic (exact) mass is 195 g/mol. The van der Waals surface area contributed by atoms with Gasteiger partial charge in [-0.3, -0.25) is 4.79 Å². The maximum Gasteiger partial charge on any atom is 0.140 e. The van der Waals surface area contributed by atoms with Crippen molar-refractivity contribution < 1.29 is 4.79 Å². The predicted molar refractivity (Wildman–Crippen MR) is 55.1 cm³/mol. The zero-order chi connectivity index (χ0) is 10.4. The number of aryl methyl sites for hydroxylation is 1. The van der Waals surface area contributed by atoms with Gasteiger partial charge in [-0.15, -0.1) is 0 Å². The van der Waals surface area contributed by atoms with Crippen LogP contribution in [0.3, 0.4) is 0 Å². The summed E-state index contributed by atoms with van der Waals surface area (Å²) in [6.07, 6.45) is 5.56. The van der Waals surface area contributed by atoms with E-state index < -0.39 is 0 Å². The third-order valence-corrected chi connectivity index (χ3v) is 2.16. The molecule has 4 nitrogen and oxygen atoms in total. The smallest absolute Gasteiger partial charge is 0.140 e. The van der Waals surface area contributed by atoms with Crippen molar-refractivity contribution in [2.45, 2.75) is 19.3 Å².